The van der Waals surface area contributed by atoms with Gasteiger partial charge in [0.2, 0.25) is 10.0 Å². The number of nitrogens with one attached hydrogen (secondary N) is 2. The van der Waals surface area contributed by atoms with E-state index < -0.39 is 22.0 Å². The standard InChI is InChI=1S/C13H19N3O3S/c1-9(2)14-15-13(17)11(4)16-20(18,19)12-7-5-10(3)6-8-12/h5-8,11,16H,1-4H3,(H,15,17)/t11-/m0/s1. The van der Waals surface area contributed by atoms with Crippen LogP contribution in [0, 0.1) is 6.92 Å². The molecule has 0 aromatic heterocycles. The number of amides is 1. The van der Waals surface area contributed by atoms with Crippen LogP contribution in [0.2, 0.25) is 0 Å². The zero-order valence-corrected chi connectivity index (χ0v) is 12.8. The Hall–Kier alpha value is -1.73. The molecule has 2 N–H and O–H groups in total. The Labute approximate surface area is 119 Å². The van der Waals surface area contributed by atoms with Crippen molar-refractivity contribution in [2.24, 2.45) is 5.10 Å². The molecule has 7 heteroatoms. The third-order valence-electron chi connectivity index (χ3n) is 2.45. The van der Waals surface area contributed by atoms with Crippen molar-refractivity contribution < 1.29 is 13.2 Å². The molecule has 0 heterocycles. The molecule has 0 bridgehead atoms. The third kappa shape index (κ3) is 4.75. The molecule has 1 amide bonds. The Balaban J connectivity index is 2.78. The predicted molar refractivity (Wildman–Crippen MR) is 77.9 cm³/mol. The van der Waals surface area contributed by atoms with Gasteiger partial charge in [-0.1, -0.05) is 17.7 Å². The first-order valence-corrected chi connectivity index (χ1v) is 7.60. The zero-order chi connectivity index (χ0) is 15.3. The van der Waals surface area contributed by atoms with E-state index >= 15 is 0 Å². The van der Waals surface area contributed by atoms with E-state index in [1.54, 1.807) is 26.0 Å². The van der Waals surface area contributed by atoms with E-state index in [1.807, 2.05) is 6.92 Å². The molecule has 1 atom stereocenters. The van der Waals surface area contributed by atoms with Gasteiger partial charge in [-0.15, -0.1) is 0 Å². The van der Waals surface area contributed by atoms with E-state index in [0.717, 1.165) is 5.56 Å². The lowest BCUT2D eigenvalue weighted by Gasteiger charge is -2.13. The number of hydrazone groups is 1. The summed E-state index contributed by atoms with van der Waals surface area (Å²) >= 11 is 0. The highest BCUT2D eigenvalue weighted by Crippen LogP contribution is 2.10. The van der Waals surface area contributed by atoms with Crippen molar-refractivity contribution in [3.05, 3.63) is 29.8 Å². The summed E-state index contributed by atoms with van der Waals surface area (Å²) in [4.78, 5) is 11.8. The summed E-state index contributed by atoms with van der Waals surface area (Å²) in [5.74, 6) is -0.512. The maximum atomic E-state index is 12.1. The number of nitrogens with zero attached hydrogens (tertiary/aromatic N) is 1. The highest BCUT2D eigenvalue weighted by Gasteiger charge is 2.21. The second kappa shape index (κ2) is 6.62. The fraction of sp³-hybridized carbons (Fsp3) is 0.385. The minimum absolute atomic E-state index is 0.123. The number of benzene rings is 1. The molecule has 0 saturated carbocycles. The lowest BCUT2D eigenvalue weighted by Crippen LogP contribution is -2.43. The van der Waals surface area contributed by atoms with E-state index in [-0.39, 0.29) is 4.90 Å². The first kappa shape index (κ1) is 16.3. The van der Waals surface area contributed by atoms with Crippen LogP contribution in [0.5, 0.6) is 0 Å². The third-order valence-corrected chi connectivity index (χ3v) is 4.00. The molecule has 1 aromatic rings. The molecule has 0 aliphatic heterocycles. The van der Waals surface area contributed by atoms with Crippen LogP contribution in [0.1, 0.15) is 26.3 Å². The molecule has 0 aliphatic rings. The Morgan fingerprint density at radius 3 is 2.25 bits per heavy atom. The number of hydrogen-bond acceptors (Lipinski definition) is 4. The van der Waals surface area contributed by atoms with Gasteiger partial charge < -0.3 is 0 Å². The Kier molecular flexibility index (Phi) is 5.41. The van der Waals surface area contributed by atoms with Crippen LogP contribution in [0.3, 0.4) is 0 Å². The van der Waals surface area contributed by atoms with Crippen molar-refractivity contribution in [1.29, 1.82) is 0 Å². The van der Waals surface area contributed by atoms with Crippen molar-refractivity contribution in [2.75, 3.05) is 0 Å². The van der Waals surface area contributed by atoms with Gasteiger partial charge in [-0.3, -0.25) is 4.79 Å². The molecule has 20 heavy (non-hydrogen) atoms. The van der Waals surface area contributed by atoms with Gasteiger partial charge in [0.05, 0.1) is 10.9 Å². The van der Waals surface area contributed by atoms with E-state index in [0.29, 0.717) is 5.71 Å². The van der Waals surface area contributed by atoms with Crippen LogP contribution in [0.4, 0.5) is 0 Å². The van der Waals surface area contributed by atoms with E-state index in [4.69, 9.17) is 0 Å². The maximum absolute atomic E-state index is 12.1. The molecule has 0 aliphatic carbocycles. The number of sulfonamides is 1. The van der Waals surface area contributed by atoms with Crippen LogP contribution >= 0.6 is 0 Å². The van der Waals surface area contributed by atoms with Gasteiger partial charge in [-0.2, -0.15) is 9.82 Å². The summed E-state index contributed by atoms with van der Waals surface area (Å²) in [6, 6.07) is 5.48. The Morgan fingerprint density at radius 1 is 1.20 bits per heavy atom. The molecule has 0 unspecified atom stereocenters. The van der Waals surface area contributed by atoms with Crippen LogP contribution < -0.4 is 10.1 Å². The van der Waals surface area contributed by atoms with Gasteiger partial charge in [0.25, 0.3) is 5.91 Å². The summed E-state index contributed by atoms with van der Waals surface area (Å²) in [7, 11) is -3.72. The molecule has 6 nitrogen and oxygen atoms in total. The number of rotatable bonds is 5. The molecule has 0 radical (unpaired) electrons. The highest BCUT2D eigenvalue weighted by molar-refractivity contribution is 7.89. The number of hydrogen-bond donors (Lipinski definition) is 2. The maximum Gasteiger partial charge on any atom is 0.257 e. The largest absolute Gasteiger partial charge is 0.271 e. The highest BCUT2D eigenvalue weighted by atomic mass is 32.2. The van der Waals surface area contributed by atoms with Crippen LogP contribution in [-0.2, 0) is 14.8 Å². The van der Waals surface area contributed by atoms with Crippen LogP contribution in [-0.4, -0.2) is 26.1 Å². The van der Waals surface area contributed by atoms with Gasteiger partial charge in [0.1, 0.15) is 0 Å². The van der Waals surface area contributed by atoms with E-state index in [1.165, 1.54) is 19.1 Å². The summed E-state index contributed by atoms with van der Waals surface area (Å²) in [6.45, 7) is 6.77. The molecule has 1 aromatic carbocycles. The molecular weight excluding hydrogens is 278 g/mol. The van der Waals surface area contributed by atoms with Crippen LogP contribution in [0.15, 0.2) is 34.3 Å². The van der Waals surface area contributed by atoms with Crippen molar-refractivity contribution >= 4 is 21.6 Å². The fourth-order valence-electron chi connectivity index (χ4n) is 1.34. The van der Waals surface area contributed by atoms with E-state index in [2.05, 4.69) is 15.2 Å². The van der Waals surface area contributed by atoms with Gasteiger partial charge in [0.15, 0.2) is 0 Å². The number of carbonyl (C=O) groups is 1. The minimum atomic E-state index is -3.72. The van der Waals surface area contributed by atoms with Gasteiger partial charge in [0, 0.05) is 5.71 Å². The lowest BCUT2D eigenvalue weighted by molar-refractivity contribution is -0.122. The summed E-state index contributed by atoms with van der Waals surface area (Å²) in [6.07, 6.45) is 0. The SMILES string of the molecule is CC(C)=NNC(=O)[C@H](C)NS(=O)(=O)c1ccc(C)cc1. The van der Waals surface area contributed by atoms with Crippen molar-refractivity contribution in [3.63, 3.8) is 0 Å². The zero-order valence-electron chi connectivity index (χ0n) is 12.0. The second-order valence-electron chi connectivity index (χ2n) is 4.69. The molecular formula is C13H19N3O3S. The average Bonchev–Trinajstić information content (AvgIpc) is 2.35. The molecule has 0 fully saturated rings. The summed E-state index contributed by atoms with van der Waals surface area (Å²) in [5, 5.41) is 3.74. The van der Waals surface area contributed by atoms with Crippen molar-refractivity contribution in [1.82, 2.24) is 10.1 Å². The quantitative estimate of drug-likeness (QED) is 0.632. The predicted octanol–water partition coefficient (Wildman–Crippen LogP) is 1.17. The normalized spacial score (nSPS) is 12.6. The van der Waals surface area contributed by atoms with Crippen molar-refractivity contribution in [3.8, 4) is 0 Å². The van der Waals surface area contributed by atoms with Gasteiger partial charge in [-0.05, 0) is 39.8 Å². The molecule has 0 saturated heterocycles. The van der Waals surface area contributed by atoms with E-state index in [9.17, 15) is 13.2 Å². The van der Waals surface area contributed by atoms with Crippen LogP contribution in [0.25, 0.3) is 0 Å². The molecule has 110 valence electrons. The second-order valence-corrected chi connectivity index (χ2v) is 6.41. The first-order valence-electron chi connectivity index (χ1n) is 6.12. The Morgan fingerprint density at radius 2 is 1.75 bits per heavy atom. The number of aryl methyl sites for hydroxylation is 1. The first-order chi connectivity index (χ1) is 9.22. The average molecular weight is 297 g/mol. The lowest BCUT2D eigenvalue weighted by atomic mass is 10.2. The van der Waals surface area contributed by atoms with Gasteiger partial charge >= 0.3 is 0 Å². The summed E-state index contributed by atoms with van der Waals surface area (Å²) in [5.41, 5.74) is 3.92. The Bertz CT molecular complexity index is 602. The fourth-order valence-corrected chi connectivity index (χ4v) is 2.54. The smallest absolute Gasteiger partial charge is 0.257 e. The topological polar surface area (TPSA) is 87.6 Å². The molecule has 0 spiro atoms. The number of carbonyl (C=O) groups excluding carboxylic acids is 1. The summed E-state index contributed by atoms with van der Waals surface area (Å²) < 4.78 is 26.4. The minimum Gasteiger partial charge on any atom is -0.271 e. The monoisotopic (exact) mass is 297 g/mol. The van der Waals surface area contributed by atoms with Gasteiger partial charge in [-0.25, -0.2) is 13.8 Å². The molecule has 1 rings (SSSR count). The van der Waals surface area contributed by atoms with Crippen molar-refractivity contribution in [2.45, 2.75) is 38.6 Å².